The van der Waals surface area contributed by atoms with Crippen LogP contribution in [0, 0.1) is 0 Å². The third kappa shape index (κ3) is 4.85. The first-order valence-corrected chi connectivity index (χ1v) is 10.6. The summed E-state index contributed by atoms with van der Waals surface area (Å²) in [6.45, 7) is 2.03. The molecule has 0 spiro atoms. The Labute approximate surface area is 190 Å². The highest BCUT2D eigenvalue weighted by Crippen LogP contribution is 2.33. The first kappa shape index (κ1) is 22.8. The zero-order valence-corrected chi connectivity index (χ0v) is 18.5. The van der Waals surface area contributed by atoms with E-state index in [9.17, 15) is 9.50 Å². The SMILES string of the molecule is COCCOc1cc(-c2cccc([C@@H](N)C(C)F)n2)cc2c1cnn2-c1cccc(CO)n1. The Morgan fingerprint density at radius 3 is 2.70 bits per heavy atom. The molecule has 1 aromatic carbocycles. The first-order chi connectivity index (χ1) is 16.0. The number of pyridine rings is 2. The number of benzene rings is 1. The molecule has 0 amide bonds. The summed E-state index contributed by atoms with van der Waals surface area (Å²) in [5, 5.41) is 14.8. The Balaban J connectivity index is 1.85. The minimum absolute atomic E-state index is 0.173. The van der Waals surface area contributed by atoms with Crippen LogP contribution in [-0.2, 0) is 11.3 Å². The van der Waals surface area contributed by atoms with E-state index >= 15 is 0 Å². The fourth-order valence-corrected chi connectivity index (χ4v) is 3.49. The van der Waals surface area contributed by atoms with Crippen molar-refractivity contribution < 1.29 is 19.0 Å². The number of fused-ring (bicyclic) bond motifs is 1. The molecule has 4 aromatic rings. The van der Waals surface area contributed by atoms with Gasteiger partial charge < -0.3 is 20.3 Å². The minimum atomic E-state index is -1.23. The Hall–Kier alpha value is -3.40. The smallest absolute Gasteiger partial charge is 0.154 e. The Kier molecular flexibility index (Phi) is 6.93. The van der Waals surface area contributed by atoms with Crippen molar-refractivity contribution in [3.05, 3.63) is 66.1 Å². The van der Waals surface area contributed by atoms with Gasteiger partial charge in [0.1, 0.15) is 18.5 Å². The number of methoxy groups -OCH3 is 1. The van der Waals surface area contributed by atoms with Crippen LogP contribution in [-0.4, -0.2) is 51.4 Å². The number of aliphatic hydroxyl groups is 1. The molecule has 4 rings (SSSR count). The maximum absolute atomic E-state index is 13.8. The molecule has 3 heterocycles. The number of halogens is 1. The number of rotatable bonds is 9. The van der Waals surface area contributed by atoms with Crippen molar-refractivity contribution in [2.75, 3.05) is 20.3 Å². The lowest BCUT2D eigenvalue weighted by atomic mass is 10.1. The van der Waals surface area contributed by atoms with Gasteiger partial charge in [-0.05, 0) is 43.3 Å². The van der Waals surface area contributed by atoms with Gasteiger partial charge in [0.2, 0.25) is 0 Å². The summed E-state index contributed by atoms with van der Waals surface area (Å²) < 4.78 is 26.6. The number of alkyl halides is 1. The van der Waals surface area contributed by atoms with Gasteiger partial charge in [0.25, 0.3) is 0 Å². The van der Waals surface area contributed by atoms with E-state index in [-0.39, 0.29) is 6.61 Å². The predicted octanol–water partition coefficient (Wildman–Crippen LogP) is 3.36. The summed E-state index contributed by atoms with van der Waals surface area (Å²) >= 11 is 0. The Morgan fingerprint density at radius 2 is 1.94 bits per heavy atom. The zero-order valence-electron chi connectivity index (χ0n) is 18.5. The highest BCUT2D eigenvalue weighted by atomic mass is 19.1. The third-order valence-corrected chi connectivity index (χ3v) is 5.27. The van der Waals surface area contributed by atoms with Crippen LogP contribution in [0.4, 0.5) is 4.39 Å². The molecule has 33 heavy (non-hydrogen) atoms. The van der Waals surface area contributed by atoms with E-state index < -0.39 is 12.2 Å². The number of ether oxygens (including phenoxy) is 2. The van der Waals surface area contributed by atoms with Crippen molar-refractivity contribution >= 4 is 10.9 Å². The van der Waals surface area contributed by atoms with E-state index in [0.29, 0.717) is 41.9 Å². The number of nitrogens with zero attached hydrogens (tertiary/aromatic N) is 4. The number of aromatic nitrogens is 4. The lowest BCUT2D eigenvalue weighted by Crippen LogP contribution is -2.21. The van der Waals surface area contributed by atoms with Gasteiger partial charge in [0.15, 0.2) is 5.82 Å². The summed E-state index contributed by atoms with van der Waals surface area (Å²) in [6.07, 6.45) is 0.480. The van der Waals surface area contributed by atoms with Gasteiger partial charge in [0.05, 0.1) is 53.4 Å². The van der Waals surface area contributed by atoms with Crippen LogP contribution in [0.5, 0.6) is 5.75 Å². The molecule has 1 unspecified atom stereocenters. The van der Waals surface area contributed by atoms with Gasteiger partial charge >= 0.3 is 0 Å². The topological polar surface area (TPSA) is 108 Å². The fourth-order valence-electron chi connectivity index (χ4n) is 3.49. The van der Waals surface area contributed by atoms with E-state index in [1.165, 1.54) is 6.92 Å². The number of aliphatic hydroxyl groups excluding tert-OH is 1. The van der Waals surface area contributed by atoms with Crippen molar-refractivity contribution in [3.63, 3.8) is 0 Å². The monoisotopic (exact) mass is 451 g/mol. The largest absolute Gasteiger partial charge is 0.490 e. The quantitative estimate of drug-likeness (QED) is 0.376. The molecule has 0 radical (unpaired) electrons. The molecule has 3 aromatic heterocycles. The predicted molar refractivity (Wildman–Crippen MR) is 123 cm³/mol. The van der Waals surface area contributed by atoms with Gasteiger partial charge in [-0.15, -0.1) is 0 Å². The van der Waals surface area contributed by atoms with Crippen LogP contribution in [0.3, 0.4) is 0 Å². The highest BCUT2D eigenvalue weighted by Gasteiger charge is 2.18. The van der Waals surface area contributed by atoms with Gasteiger partial charge in [0, 0.05) is 12.7 Å². The van der Waals surface area contributed by atoms with Crippen LogP contribution in [0.15, 0.2) is 54.7 Å². The second kappa shape index (κ2) is 10.0. The van der Waals surface area contributed by atoms with E-state index in [2.05, 4.69) is 15.1 Å². The van der Waals surface area contributed by atoms with Crippen molar-refractivity contribution in [2.24, 2.45) is 5.73 Å². The first-order valence-electron chi connectivity index (χ1n) is 10.6. The third-order valence-electron chi connectivity index (χ3n) is 5.27. The van der Waals surface area contributed by atoms with E-state index in [0.717, 1.165) is 16.5 Å². The fraction of sp³-hybridized carbons (Fsp3) is 0.292. The standard InChI is InChI=1S/C24H26FN5O3/c1-15(25)24(26)20-7-4-6-19(29-20)16-11-21-18(22(12-16)33-10-9-32-2)13-27-30(21)23-8-3-5-17(14-31)28-23/h3-8,11-13,15,24,31H,9-10,14,26H2,1-2H3/t15?,24-/m0/s1. The molecular weight excluding hydrogens is 425 g/mol. The van der Waals surface area contributed by atoms with E-state index in [1.54, 1.807) is 36.2 Å². The maximum Gasteiger partial charge on any atom is 0.154 e. The molecule has 0 aliphatic heterocycles. The Morgan fingerprint density at radius 1 is 1.12 bits per heavy atom. The summed E-state index contributed by atoms with van der Waals surface area (Å²) in [5.74, 6) is 1.17. The maximum atomic E-state index is 13.8. The van der Waals surface area contributed by atoms with E-state index in [1.807, 2.05) is 30.3 Å². The van der Waals surface area contributed by atoms with Crippen molar-refractivity contribution in [1.29, 1.82) is 0 Å². The minimum Gasteiger partial charge on any atom is -0.490 e. The number of hydrogen-bond donors (Lipinski definition) is 2. The van der Waals surface area contributed by atoms with Crippen LogP contribution >= 0.6 is 0 Å². The van der Waals surface area contributed by atoms with E-state index in [4.69, 9.17) is 15.2 Å². The molecule has 0 bridgehead atoms. The molecular formula is C24H26FN5O3. The number of nitrogens with two attached hydrogens (primary N) is 1. The van der Waals surface area contributed by atoms with Crippen LogP contribution in [0.1, 0.15) is 24.4 Å². The molecule has 2 atom stereocenters. The average molecular weight is 452 g/mol. The van der Waals surface area contributed by atoms with Gasteiger partial charge in [-0.2, -0.15) is 5.10 Å². The lowest BCUT2D eigenvalue weighted by Gasteiger charge is -2.14. The summed E-state index contributed by atoms with van der Waals surface area (Å²) in [5.41, 5.74) is 9.12. The van der Waals surface area contributed by atoms with Gasteiger partial charge in [-0.1, -0.05) is 12.1 Å². The normalized spacial score (nSPS) is 13.2. The van der Waals surface area contributed by atoms with Crippen molar-refractivity contribution in [3.8, 4) is 22.8 Å². The summed E-state index contributed by atoms with van der Waals surface area (Å²) in [6, 6.07) is 13.7. The molecule has 9 heteroatoms. The molecule has 0 fully saturated rings. The zero-order chi connectivity index (χ0) is 23.4. The molecule has 8 nitrogen and oxygen atoms in total. The van der Waals surface area contributed by atoms with Crippen LogP contribution in [0.2, 0.25) is 0 Å². The van der Waals surface area contributed by atoms with Gasteiger partial charge in [-0.3, -0.25) is 4.98 Å². The molecule has 3 N–H and O–H groups in total. The second-order valence-electron chi connectivity index (χ2n) is 7.60. The van der Waals surface area contributed by atoms with Crippen molar-refractivity contribution in [2.45, 2.75) is 25.7 Å². The highest BCUT2D eigenvalue weighted by molar-refractivity contribution is 5.90. The van der Waals surface area contributed by atoms with Crippen LogP contribution < -0.4 is 10.5 Å². The average Bonchev–Trinajstić information content (AvgIpc) is 3.28. The molecule has 0 aliphatic carbocycles. The molecule has 0 saturated carbocycles. The summed E-state index contributed by atoms with van der Waals surface area (Å²) in [7, 11) is 1.61. The molecule has 0 saturated heterocycles. The molecule has 172 valence electrons. The second-order valence-corrected chi connectivity index (χ2v) is 7.60. The van der Waals surface area contributed by atoms with Crippen molar-refractivity contribution in [1.82, 2.24) is 19.7 Å². The number of hydrogen-bond acceptors (Lipinski definition) is 7. The summed E-state index contributed by atoms with van der Waals surface area (Å²) in [4.78, 5) is 9.06. The Bertz CT molecular complexity index is 1240. The lowest BCUT2D eigenvalue weighted by molar-refractivity contribution is 0.147. The van der Waals surface area contributed by atoms with Gasteiger partial charge in [-0.25, -0.2) is 14.1 Å². The molecule has 0 aliphatic rings. The van der Waals surface area contributed by atoms with Crippen LogP contribution in [0.25, 0.3) is 28.0 Å².